The summed E-state index contributed by atoms with van der Waals surface area (Å²) in [5, 5.41) is 2.77. The van der Waals surface area contributed by atoms with Crippen molar-refractivity contribution in [2.75, 3.05) is 5.32 Å². The van der Waals surface area contributed by atoms with E-state index in [1.165, 1.54) is 18.2 Å². The van der Waals surface area contributed by atoms with Crippen LogP contribution in [0.3, 0.4) is 0 Å². The monoisotopic (exact) mass is 269 g/mol. The normalized spacial score (nSPS) is 11.4. The van der Waals surface area contributed by atoms with Crippen LogP contribution in [-0.4, -0.2) is 0 Å². The largest absolute Gasteiger partial charge is 0.416 e. The number of benzene rings is 2. The molecule has 0 spiro atoms. The van der Waals surface area contributed by atoms with Gasteiger partial charge in [0.2, 0.25) is 0 Å². The Hall–Kier alpha value is -2.04. The number of para-hydroxylation sites is 1. The molecule has 0 bridgehead atoms. The SMILES string of the molecule is Fc1ccccc1NCc1cccc(C(F)(F)F)c1. The molecule has 0 saturated carbocycles. The number of hydrogen-bond donors (Lipinski definition) is 1. The Labute approximate surface area is 107 Å². The highest BCUT2D eigenvalue weighted by Gasteiger charge is 2.30. The molecular formula is C14H11F4N. The van der Waals surface area contributed by atoms with E-state index in [9.17, 15) is 17.6 Å². The Morgan fingerprint density at radius 1 is 0.947 bits per heavy atom. The molecule has 2 rings (SSSR count). The van der Waals surface area contributed by atoms with Gasteiger partial charge in [0, 0.05) is 6.54 Å². The summed E-state index contributed by atoms with van der Waals surface area (Å²) in [7, 11) is 0. The van der Waals surface area contributed by atoms with Gasteiger partial charge in [-0.05, 0) is 29.8 Å². The fourth-order valence-corrected chi connectivity index (χ4v) is 1.66. The molecule has 0 fully saturated rings. The Balaban J connectivity index is 2.10. The van der Waals surface area contributed by atoms with Crippen molar-refractivity contribution in [3.8, 4) is 0 Å². The minimum Gasteiger partial charge on any atom is -0.379 e. The van der Waals surface area contributed by atoms with E-state index in [0.717, 1.165) is 12.1 Å². The number of halogens is 4. The highest BCUT2D eigenvalue weighted by atomic mass is 19.4. The van der Waals surface area contributed by atoms with Crippen molar-refractivity contribution in [3.63, 3.8) is 0 Å². The fourth-order valence-electron chi connectivity index (χ4n) is 1.66. The molecule has 5 heteroatoms. The lowest BCUT2D eigenvalue weighted by Crippen LogP contribution is -2.07. The smallest absolute Gasteiger partial charge is 0.379 e. The van der Waals surface area contributed by atoms with Crippen molar-refractivity contribution in [1.82, 2.24) is 0 Å². The number of rotatable bonds is 3. The Morgan fingerprint density at radius 3 is 2.37 bits per heavy atom. The molecule has 0 aromatic heterocycles. The molecule has 0 amide bonds. The third kappa shape index (κ3) is 3.47. The van der Waals surface area contributed by atoms with E-state index in [1.54, 1.807) is 18.2 Å². The van der Waals surface area contributed by atoms with Gasteiger partial charge in [-0.25, -0.2) is 4.39 Å². The summed E-state index contributed by atoms with van der Waals surface area (Å²) >= 11 is 0. The molecule has 0 saturated heterocycles. The third-order valence-corrected chi connectivity index (χ3v) is 2.61. The molecule has 1 nitrogen and oxygen atoms in total. The second-order valence-corrected chi connectivity index (χ2v) is 4.03. The minimum absolute atomic E-state index is 0.130. The Morgan fingerprint density at radius 2 is 1.68 bits per heavy atom. The molecule has 2 aromatic carbocycles. The van der Waals surface area contributed by atoms with Crippen molar-refractivity contribution < 1.29 is 17.6 Å². The third-order valence-electron chi connectivity index (χ3n) is 2.61. The summed E-state index contributed by atoms with van der Waals surface area (Å²) in [6, 6.07) is 11.0. The fraction of sp³-hybridized carbons (Fsp3) is 0.143. The molecule has 0 radical (unpaired) electrons. The molecule has 100 valence electrons. The molecule has 0 aliphatic rings. The lowest BCUT2D eigenvalue weighted by Gasteiger charge is -2.10. The second kappa shape index (κ2) is 5.30. The van der Waals surface area contributed by atoms with Crippen molar-refractivity contribution in [1.29, 1.82) is 0 Å². The highest BCUT2D eigenvalue weighted by Crippen LogP contribution is 2.29. The van der Waals surface area contributed by atoms with Gasteiger partial charge >= 0.3 is 6.18 Å². The maximum absolute atomic E-state index is 13.3. The first-order valence-electron chi connectivity index (χ1n) is 5.61. The predicted molar refractivity (Wildman–Crippen MR) is 65.2 cm³/mol. The molecule has 0 aliphatic carbocycles. The predicted octanol–water partition coefficient (Wildman–Crippen LogP) is 4.46. The zero-order valence-corrected chi connectivity index (χ0v) is 9.84. The van der Waals surface area contributed by atoms with E-state index < -0.39 is 17.6 Å². The van der Waals surface area contributed by atoms with Crippen molar-refractivity contribution in [3.05, 3.63) is 65.5 Å². The van der Waals surface area contributed by atoms with Crippen LogP contribution in [0.25, 0.3) is 0 Å². The second-order valence-electron chi connectivity index (χ2n) is 4.03. The van der Waals surface area contributed by atoms with Gasteiger partial charge in [0.1, 0.15) is 5.82 Å². The van der Waals surface area contributed by atoms with Gasteiger partial charge in [-0.2, -0.15) is 13.2 Å². The van der Waals surface area contributed by atoms with E-state index in [0.29, 0.717) is 5.56 Å². The summed E-state index contributed by atoms with van der Waals surface area (Å²) < 4.78 is 50.9. The van der Waals surface area contributed by atoms with Crippen molar-refractivity contribution in [2.45, 2.75) is 12.7 Å². The van der Waals surface area contributed by atoms with E-state index in [4.69, 9.17) is 0 Å². The van der Waals surface area contributed by atoms with Crippen LogP contribution in [0.15, 0.2) is 48.5 Å². The maximum Gasteiger partial charge on any atom is 0.416 e. The molecule has 0 heterocycles. The van der Waals surface area contributed by atoms with E-state index in [2.05, 4.69) is 5.32 Å². The van der Waals surface area contributed by atoms with Crippen LogP contribution in [0.1, 0.15) is 11.1 Å². The number of hydrogen-bond acceptors (Lipinski definition) is 1. The Bertz CT molecular complexity index is 563. The van der Waals surface area contributed by atoms with Gasteiger partial charge in [0.05, 0.1) is 11.3 Å². The first kappa shape index (κ1) is 13.4. The van der Waals surface area contributed by atoms with Gasteiger partial charge in [-0.15, -0.1) is 0 Å². The summed E-state index contributed by atoms with van der Waals surface area (Å²) in [5.74, 6) is -0.436. The summed E-state index contributed by atoms with van der Waals surface area (Å²) in [6.07, 6.45) is -4.37. The number of nitrogens with one attached hydrogen (secondary N) is 1. The van der Waals surface area contributed by atoms with Crippen molar-refractivity contribution >= 4 is 5.69 Å². The summed E-state index contributed by atoms with van der Waals surface area (Å²) in [5.41, 5.74) is -0.00155. The van der Waals surface area contributed by atoms with Crippen LogP contribution in [-0.2, 0) is 12.7 Å². The zero-order chi connectivity index (χ0) is 13.9. The summed E-state index contributed by atoms with van der Waals surface area (Å²) in [4.78, 5) is 0. The first-order chi connectivity index (χ1) is 8.97. The molecule has 0 unspecified atom stereocenters. The van der Waals surface area contributed by atoms with E-state index in [1.807, 2.05) is 0 Å². The van der Waals surface area contributed by atoms with Gasteiger partial charge in [-0.1, -0.05) is 24.3 Å². The van der Waals surface area contributed by atoms with Crippen LogP contribution < -0.4 is 5.32 Å². The summed E-state index contributed by atoms with van der Waals surface area (Å²) in [6.45, 7) is 0.130. The van der Waals surface area contributed by atoms with Gasteiger partial charge in [0.25, 0.3) is 0 Å². The van der Waals surface area contributed by atoms with Crippen LogP contribution in [0, 0.1) is 5.82 Å². The molecule has 19 heavy (non-hydrogen) atoms. The average Bonchev–Trinajstić information content (AvgIpc) is 2.37. The lowest BCUT2D eigenvalue weighted by atomic mass is 10.1. The number of anilines is 1. The first-order valence-corrected chi connectivity index (χ1v) is 5.61. The van der Waals surface area contributed by atoms with Crippen LogP contribution in [0.4, 0.5) is 23.2 Å². The average molecular weight is 269 g/mol. The van der Waals surface area contributed by atoms with Gasteiger partial charge < -0.3 is 5.32 Å². The molecule has 0 atom stereocenters. The van der Waals surface area contributed by atoms with Gasteiger partial charge in [0.15, 0.2) is 0 Å². The Kier molecular flexibility index (Phi) is 3.74. The topological polar surface area (TPSA) is 12.0 Å². The van der Waals surface area contributed by atoms with E-state index in [-0.39, 0.29) is 12.2 Å². The van der Waals surface area contributed by atoms with Crippen LogP contribution >= 0.6 is 0 Å². The minimum atomic E-state index is -4.37. The lowest BCUT2D eigenvalue weighted by molar-refractivity contribution is -0.137. The standard InChI is InChI=1S/C14H11F4N/c15-12-6-1-2-7-13(12)19-9-10-4-3-5-11(8-10)14(16,17)18/h1-8,19H,9H2. The quantitative estimate of drug-likeness (QED) is 0.811. The molecule has 1 N–H and O–H groups in total. The van der Waals surface area contributed by atoms with Crippen LogP contribution in [0.5, 0.6) is 0 Å². The molecular weight excluding hydrogens is 258 g/mol. The molecule has 2 aromatic rings. The van der Waals surface area contributed by atoms with Crippen LogP contribution in [0.2, 0.25) is 0 Å². The zero-order valence-electron chi connectivity index (χ0n) is 9.84. The van der Waals surface area contributed by atoms with E-state index >= 15 is 0 Å². The van der Waals surface area contributed by atoms with Gasteiger partial charge in [-0.3, -0.25) is 0 Å². The van der Waals surface area contributed by atoms with Crippen molar-refractivity contribution in [2.24, 2.45) is 0 Å². The molecule has 0 aliphatic heterocycles. The maximum atomic E-state index is 13.3. The highest BCUT2D eigenvalue weighted by molar-refractivity contribution is 5.45. The number of alkyl halides is 3.